The van der Waals surface area contributed by atoms with Crippen molar-refractivity contribution in [1.82, 2.24) is 5.32 Å². The topological polar surface area (TPSA) is 69.6 Å². The molecule has 0 spiro atoms. The third kappa shape index (κ3) is 4.47. The summed E-state index contributed by atoms with van der Waals surface area (Å²) in [4.78, 5) is 12.6. The predicted molar refractivity (Wildman–Crippen MR) is 97.1 cm³/mol. The molecule has 1 fully saturated rings. The van der Waals surface area contributed by atoms with Gasteiger partial charge < -0.3 is 15.5 Å². The van der Waals surface area contributed by atoms with Gasteiger partial charge in [0.05, 0.1) is 6.10 Å². The third-order valence-corrected chi connectivity index (χ3v) is 5.05. The minimum atomic E-state index is -0.533. The summed E-state index contributed by atoms with van der Waals surface area (Å²) in [7, 11) is 0. The molecular formula is C21H25NO3. The number of rotatable bonds is 6. The van der Waals surface area contributed by atoms with Crippen LogP contribution in [0.4, 0.5) is 0 Å². The van der Waals surface area contributed by atoms with Gasteiger partial charge in [-0.15, -0.1) is 0 Å². The molecule has 2 aromatic carbocycles. The number of benzene rings is 2. The SMILES string of the molecule is O=C(CC(c1ccccc1)c1ccccc1)N[C@@H]1C[C@H](CO)[C@H](O)C1. The molecule has 25 heavy (non-hydrogen) atoms. The normalized spacial score (nSPS) is 22.9. The van der Waals surface area contributed by atoms with E-state index < -0.39 is 6.10 Å². The van der Waals surface area contributed by atoms with Gasteiger partial charge in [-0.25, -0.2) is 0 Å². The number of aliphatic hydroxyl groups excluding tert-OH is 2. The minimum absolute atomic E-state index is 0.00219. The zero-order chi connectivity index (χ0) is 17.6. The Labute approximate surface area is 148 Å². The molecule has 0 aliphatic heterocycles. The summed E-state index contributed by atoms with van der Waals surface area (Å²) in [6.07, 6.45) is 0.974. The highest BCUT2D eigenvalue weighted by Crippen LogP contribution is 2.29. The number of carbonyl (C=O) groups is 1. The molecule has 132 valence electrons. The first kappa shape index (κ1) is 17.6. The number of amides is 1. The van der Waals surface area contributed by atoms with Gasteiger partial charge in [-0.3, -0.25) is 4.79 Å². The van der Waals surface area contributed by atoms with Crippen molar-refractivity contribution in [3.63, 3.8) is 0 Å². The summed E-state index contributed by atoms with van der Waals surface area (Å²) in [6.45, 7) is -0.0375. The Balaban J connectivity index is 1.69. The maximum atomic E-state index is 12.6. The highest BCUT2D eigenvalue weighted by molar-refractivity contribution is 5.78. The quantitative estimate of drug-likeness (QED) is 0.757. The molecule has 3 atom stereocenters. The Morgan fingerprint density at radius 3 is 2.04 bits per heavy atom. The van der Waals surface area contributed by atoms with Gasteiger partial charge in [-0.1, -0.05) is 60.7 Å². The third-order valence-electron chi connectivity index (χ3n) is 5.05. The first-order valence-electron chi connectivity index (χ1n) is 8.85. The average molecular weight is 339 g/mol. The van der Waals surface area contributed by atoms with Gasteiger partial charge in [0.25, 0.3) is 0 Å². The second-order valence-corrected chi connectivity index (χ2v) is 6.82. The van der Waals surface area contributed by atoms with Crippen LogP contribution in [0.5, 0.6) is 0 Å². The molecule has 1 aliphatic carbocycles. The van der Waals surface area contributed by atoms with E-state index >= 15 is 0 Å². The van der Waals surface area contributed by atoms with E-state index in [1.165, 1.54) is 0 Å². The molecule has 0 radical (unpaired) electrons. The summed E-state index contributed by atoms with van der Waals surface area (Å²) in [6, 6.07) is 20.0. The predicted octanol–water partition coefficient (Wildman–Crippen LogP) is 2.46. The summed E-state index contributed by atoms with van der Waals surface area (Å²) < 4.78 is 0. The van der Waals surface area contributed by atoms with Crippen LogP contribution in [0.25, 0.3) is 0 Å². The number of hydrogen-bond donors (Lipinski definition) is 3. The molecule has 0 saturated heterocycles. The van der Waals surface area contributed by atoms with Crippen LogP contribution >= 0.6 is 0 Å². The largest absolute Gasteiger partial charge is 0.396 e. The summed E-state index contributed by atoms with van der Waals surface area (Å²) in [5, 5.41) is 22.2. The van der Waals surface area contributed by atoms with Crippen molar-refractivity contribution in [1.29, 1.82) is 0 Å². The van der Waals surface area contributed by atoms with Crippen LogP contribution < -0.4 is 5.32 Å². The Hall–Kier alpha value is -2.17. The van der Waals surface area contributed by atoms with Crippen molar-refractivity contribution in [2.24, 2.45) is 5.92 Å². The van der Waals surface area contributed by atoms with Gasteiger partial charge in [0, 0.05) is 30.9 Å². The lowest BCUT2D eigenvalue weighted by molar-refractivity contribution is -0.122. The number of carbonyl (C=O) groups excluding carboxylic acids is 1. The van der Waals surface area contributed by atoms with E-state index in [-0.39, 0.29) is 30.4 Å². The molecule has 1 amide bonds. The van der Waals surface area contributed by atoms with Gasteiger partial charge in [0.15, 0.2) is 0 Å². The molecule has 0 bridgehead atoms. The Morgan fingerprint density at radius 1 is 1.00 bits per heavy atom. The Kier molecular flexibility index (Phi) is 5.84. The maximum Gasteiger partial charge on any atom is 0.221 e. The zero-order valence-electron chi connectivity index (χ0n) is 14.2. The van der Waals surface area contributed by atoms with Crippen molar-refractivity contribution in [2.45, 2.75) is 37.3 Å². The van der Waals surface area contributed by atoms with E-state index in [0.717, 1.165) is 11.1 Å². The van der Waals surface area contributed by atoms with Crippen LogP contribution in [0.1, 0.15) is 36.3 Å². The summed E-state index contributed by atoms with van der Waals surface area (Å²) in [5.41, 5.74) is 2.23. The molecule has 1 aliphatic rings. The van der Waals surface area contributed by atoms with Crippen LogP contribution in [0.2, 0.25) is 0 Å². The number of hydrogen-bond acceptors (Lipinski definition) is 3. The van der Waals surface area contributed by atoms with Gasteiger partial charge in [0.2, 0.25) is 5.91 Å². The molecule has 2 aromatic rings. The fraction of sp³-hybridized carbons (Fsp3) is 0.381. The standard InChI is InChI=1S/C21H25NO3/c23-14-17-11-18(12-20(17)24)22-21(25)13-19(15-7-3-1-4-8-15)16-9-5-2-6-10-16/h1-10,17-20,23-24H,11-14H2,(H,22,25)/t17-,18-,20-/m1/s1. The van der Waals surface area contributed by atoms with E-state index in [9.17, 15) is 15.0 Å². The molecule has 0 heterocycles. The molecule has 3 rings (SSSR count). The lowest BCUT2D eigenvalue weighted by Crippen LogP contribution is -2.34. The minimum Gasteiger partial charge on any atom is -0.396 e. The second kappa shape index (κ2) is 8.28. The van der Waals surface area contributed by atoms with E-state index in [1.807, 2.05) is 60.7 Å². The first-order valence-corrected chi connectivity index (χ1v) is 8.85. The molecule has 0 unspecified atom stereocenters. The van der Waals surface area contributed by atoms with Crippen molar-refractivity contribution in [3.8, 4) is 0 Å². The number of nitrogens with one attached hydrogen (secondary N) is 1. The van der Waals surface area contributed by atoms with Gasteiger partial charge in [0.1, 0.15) is 0 Å². The van der Waals surface area contributed by atoms with Crippen LogP contribution in [-0.2, 0) is 4.79 Å². The summed E-state index contributed by atoms with van der Waals surface area (Å²) >= 11 is 0. The van der Waals surface area contributed by atoms with Crippen LogP contribution in [0, 0.1) is 5.92 Å². The highest BCUT2D eigenvalue weighted by atomic mass is 16.3. The lowest BCUT2D eigenvalue weighted by Gasteiger charge is -2.19. The molecule has 3 N–H and O–H groups in total. The van der Waals surface area contributed by atoms with Crippen LogP contribution in [0.15, 0.2) is 60.7 Å². The Bertz CT molecular complexity index is 635. The maximum absolute atomic E-state index is 12.6. The van der Waals surface area contributed by atoms with Crippen LogP contribution in [-0.4, -0.2) is 34.9 Å². The number of aliphatic hydroxyl groups is 2. The van der Waals surface area contributed by atoms with Crippen molar-refractivity contribution in [2.75, 3.05) is 6.61 Å². The zero-order valence-corrected chi connectivity index (χ0v) is 14.2. The second-order valence-electron chi connectivity index (χ2n) is 6.82. The van der Waals surface area contributed by atoms with Gasteiger partial charge >= 0.3 is 0 Å². The molecule has 0 aromatic heterocycles. The summed E-state index contributed by atoms with van der Waals surface area (Å²) in [5.74, 6) is -0.153. The smallest absolute Gasteiger partial charge is 0.221 e. The first-order chi connectivity index (χ1) is 12.2. The van der Waals surface area contributed by atoms with E-state index in [1.54, 1.807) is 0 Å². The fourth-order valence-corrected chi connectivity index (χ4v) is 3.69. The molecular weight excluding hydrogens is 314 g/mol. The van der Waals surface area contributed by atoms with Crippen molar-refractivity contribution in [3.05, 3.63) is 71.8 Å². The van der Waals surface area contributed by atoms with Crippen LogP contribution in [0.3, 0.4) is 0 Å². The van der Waals surface area contributed by atoms with Gasteiger partial charge in [-0.05, 0) is 24.0 Å². The molecule has 1 saturated carbocycles. The average Bonchev–Trinajstić information content (AvgIpc) is 3.00. The lowest BCUT2D eigenvalue weighted by atomic mass is 9.88. The fourth-order valence-electron chi connectivity index (χ4n) is 3.69. The van der Waals surface area contributed by atoms with Gasteiger partial charge in [-0.2, -0.15) is 0 Å². The van der Waals surface area contributed by atoms with E-state index in [4.69, 9.17) is 0 Å². The van der Waals surface area contributed by atoms with Crippen molar-refractivity contribution >= 4 is 5.91 Å². The Morgan fingerprint density at radius 2 is 1.56 bits per heavy atom. The monoisotopic (exact) mass is 339 g/mol. The highest BCUT2D eigenvalue weighted by Gasteiger charge is 2.33. The van der Waals surface area contributed by atoms with E-state index in [0.29, 0.717) is 19.3 Å². The van der Waals surface area contributed by atoms with E-state index in [2.05, 4.69) is 5.32 Å². The van der Waals surface area contributed by atoms with Crippen molar-refractivity contribution < 1.29 is 15.0 Å². The molecule has 4 nitrogen and oxygen atoms in total. The molecule has 4 heteroatoms.